The van der Waals surface area contributed by atoms with Crippen LogP contribution in [0.3, 0.4) is 0 Å². The van der Waals surface area contributed by atoms with E-state index >= 15 is 0 Å². The van der Waals surface area contributed by atoms with E-state index < -0.39 is 34.2 Å². The van der Waals surface area contributed by atoms with Crippen LogP contribution in [0.5, 0.6) is 5.75 Å². The number of carbonyl (C=O) groups is 3. The number of amides is 3. The smallest absolute Gasteiger partial charge is 0.269 e. The van der Waals surface area contributed by atoms with Crippen molar-refractivity contribution in [3.8, 4) is 5.75 Å². The third-order valence-electron chi connectivity index (χ3n) is 5.90. The van der Waals surface area contributed by atoms with Gasteiger partial charge >= 0.3 is 0 Å². The van der Waals surface area contributed by atoms with Crippen LogP contribution in [-0.4, -0.2) is 37.1 Å². The molecule has 1 spiro atoms. The third kappa shape index (κ3) is 3.70. The van der Waals surface area contributed by atoms with Gasteiger partial charge in [0.1, 0.15) is 12.3 Å². The Morgan fingerprint density at radius 3 is 2.51 bits per heavy atom. The van der Waals surface area contributed by atoms with Crippen molar-refractivity contribution in [2.24, 2.45) is 0 Å². The van der Waals surface area contributed by atoms with Crippen LogP contribution >= 0.6 is 11.8 Å². The number of hydrogen-bond donors (Lipinski definition) is 1. The second-order valence-corrected chi connectivity index (χ2v) is 9.11. The molecule has 1 atom stereocenters. The Balaban J connectivity index is 1.49. The Bertz CT molecular complexity index is 1350. The molecule has 3 aromatic carbocycles. The maximum Gasteiger partial charge on any atom is 0.269 e. The Labute approximate surface area is 203 Å². The van der Waals surface area contributed by atoms with E-state index in [9.17, 15) is 23.2 Å². The van der Waals surface area contributed by atoms with Crippen molar-refractivity contribution in [3.63, 3.8) is 0 Å². The number of anilines is 3. The van der Waals surface area contributed by atoms with Crippen molar-refractivity contribution in [2.45, 2.75) is 4.87 Å². The molecule has 35 heavy (non-hydrogen) atoms. The molecule has 0 saturated carbocycles. The molecule has 0 bridgehead atoms. The molecule has 2 aliphatic rings. The standard InChI is InChI=1S/C25H19F2N3O4S/c1-34-17-9-6-15(7-10-17)28-22(31)13-29-21-5-3-2-4-18(21)25(24(29)33)30(23(32)14-35-25)16-8-11-19(26)20(27)12-16/h2-12H,13-14H2,1H3,(H,28,31)/t25-/m1/s1. The maximum atomic E-state index is 14.1. The van der Waals surface area contributed by atoms with Gasteiger partial charge in [0.25, 0.3) is 5.91 Å². The summed E-state index contributed by atoms with van der Waals surface area (Å²) in [6, 6.07) is 16.7. The minimum Gasteiger partial charge on any atom is -0.497 e. The molecule has 0 radical (unpaired) electrons. The highest BCUT2D eigenvalue weighted by molar-refractivity contribution is 8.02. The SMILES string of the molecule is COc1ccc(NC(=O)CN2C(=O)[C@]3(SCC(=O)N3c3ccc(F)c(F)c3)c3ccccc32)cc1. The number of nitrogens with zero attached hydrogens (tertiary/aromatic N) is 2. The summed E-state index contributed by atoms with van der Waals surface area (Å²) in [6.07, 6.45) is 0. The molecule has 10 heteroatoms. The molecule has 5 rings (SSSR count). The van der Waals surface area contributed by atoms with Crippen LogP contribution in [0.15, 0.2) is 66.7 Å². The summed E-state index contributed by atoms with van der Waals surface area (Å²) in [6.45, 7) is -0.302. The Hall–Kier alpha value is -3.92. The monoisotopic (exact) mass is 495 g/mol. The quantitative estimate of drug-likeness (QED) is 0.581. The van der Waals surface area contributed by atoms with Gasteiger partial charge in [0.15, 0.2) is 11.6 Å². The lowest BCUT2D eigenvalue weighted by molar-refractivity contribution is -0.124. The van der Waals surface area contributed by atoms with Crippen molar-refractivity contribution >= 4 is 46.5 Å². The molecule has 1 fully saturated rings. The van der Waals surface area contributed by atoms with Crippen LogP contribution in [0.4, 0.5) is 25.8 Å². The second-order valence-electron chi connectivity index (χ2n) is 7.95. The van der Waals surface area contributed by atoms with Gasteiger partial charge in [-0.05, 0) is 42.5 Å². The summed E-state index contributed by atoms with van der Waals surface area (Å²) in [7, 11) is 1.54. The zero-order chi connectivity index (χ0) is 24.7. The molecule has 7 nitrogen and oxygen atoms in total. The molecular formula is C25H19F2N3O4S. The van der Waals surface area contributed by atoms with Gasteiger partial charge in [0, 0.05) is 23.0 Å². The summed E-state index contributed by atoms with van der Waals surface area (Å²) < 4.78 is 32.8. The van der Waals surface area contributed by atoms with Gasteiger partial charge in [0.05, 0.1) is 18.6 Å². The summed E-state index contributed by atoms with van der Waals surface area (Å²) in [4.78, 5) is 40.7. The molecule has 3 amide bonds. The number of carbonyl (C=O) groups excluding carboxylic acids is 3. The number of nitrogens with one attached hydrogen (secondary N) is 1. The fraction of sp³-hybridized carbons (Fsp3) is 0.160. The largest absolute Gasteiger partial charge is 0.497 e. The molecule has 2 aliphatic heterocycles. The molecule has 178 valence electrons. The minimum absolute atomic E-state index is 0.0368. The zero-order valence-corrected chi connectivity index (χ0v) is 19.3. The Morgan fingerprint density at radius 1 is 1.06 bits per heavy atom. The van der Waals surface area contributed by atoms with Crippen LogP contribution in [0.1, 0.15) is 5.56 Å². The van der Waals surface area contributed by atoms with Crippen LogP contribution in [0.2, 0.25) is 0 Å². The van der Waals surface area contributed by atoms with Gasteiger partial charge in [-0.2, -0.15) is 0 Å². The highest BCUT2D eigenvalue weighted by atomic mass is 32.2. The van der Waals surface area contributed by atoms with Crippen molar-refractivity contribution in [1.82, 2.24) is 0 Å². The zero-order valence-electron chi connectivity index (χ0n) is 18.5. The lowest BCUT2D eigenvalue weighted by Gasteiger charge is -2.33. The van der Waals surface area contributed by atoms with E-state index in [0.717, 1.165) is 23.9 Å². The predicted octanol–water partition coefficient (Wildman–Crippen LogP) is 3.89. The van der Waals surface area contributed by atoms with Gasteiger partial charge in [-0.1, -0.05) is 18.2 Å². The number of halogens is 2. The highest BCUT2D eigenvalue weighted by Gasteiger charge is 2.61. The molecule has 0 unspecified atom stereocenters. The predicted molar refractivity (Wildman–Crippen MR) is 128 cm³/mol. The van der Waals surface area contributed by atoms with Gasteiger partial charge in [0.2, 0.25) is 16.7 Å². The van der Waals surface area contributed by atoms with Gasteiger partial charge in [-0.25, -0.2) is 8.78 Å². The number of thioether (sulfide) groups is 1. The van der Waals surface area contributed by atoms with Crippen molar-refractivity contribution in [3.05, 3.63) is 83.9 Å². The minimum atomic E-state index is -1.53. The highest BCUT2D eigenvalue weighted by Crippen LogP contribution is 2.55. The normalized spacial score (nSPS) is 18.8. The van der Waals surface area contributed by atoms with Gasteiger partial charge in [-0.15, -0.1) is 11.8 Å². The lowest BCUT2D eigenvalue weighted by atomic mass is 10.0. The average molecular weight is 496 g/mol. The number of fused-ring (bicyclic) bond motifs is 2. The number of methoxy groups -OCH3 is 1. The molecular weight excluding hydrogens is 476 g/mol. The maximum absolute atomic E-state index is 14.1. The number of benzene rings is 3. The number of hydrogen-bond acceptors (Lipinski definition) is 5. The molecule has 1 saturated heterocycles. The molecule has 3 aromatic rings. The first-order valence-corrected chi connectivity index (χ1v) is 11.6. The first-order chi connectivity index (χ1) is 16.8. The van der Waals surface area contributed by atoms with Crippen molar-refractivity contribution < 1.29 is 27.9 Å². The van der Waals surface area contributed by atoms with Crippen LogP contribution in [0, 0.1) is 11.6 Å². The first kappa shape index (κ1) is 22.9. The van der Waals surface area contributed by atoms with Crippen LogP contribution in [0.25, 0.3) is 0 Å². The fourth-order valence-corrected chi connectivity index (χ4v) is 5.71. The molecule has 1 N–H and O–H groups in total. The first-order valence-electron chi connectivity index (χ1n) is 10.6. The van der Waals surface area contributed by atoms with Gasteiger partial charge in [-0.3, -0.25) is 24.2 Å². The van der Waals surface area contributed by atoms with Crippen molar-refractivity contribution in [1.29, 1.82) is 0 Å². The van der Waals surface area contributed by atoms with E-state index in [1.807, 2.05) is 0 Å². The van der Waals surface area contributed by atoms with Crippen LogP contribution < -0.4 is 19.9 Å². The van der Waals surface area contributed by atoms with Crippen LogP contribution in [-0.2, 0) is 19.3 Å². The van der Waals surface area contributed by atoms with E-state index in [2.05, 4.69) is 5.32 Å². The lowest BCUT2D eigenvalue weighted by Crippen LogP contribution is -2.51. The second kappa shape index (κ2) is 8.70. The number of rotatable bonds is 5. The molecule has 0 aliphatic carbocycles. The van der Waals surface area contributed by atoms with Gasteiger partial charge < -0.3 is 10.1 Å². The van der Waals surface area contributed by atoms with E-state index in [-0.39, 0.29) is 18.0 Å². The number of para-hydroxylation sites is 1. The van der Waals surface area contributed by atoms with E-state index in [1.54, 1.807) is 48.5 Å². The average Bonchev–Trinajstić information content (AvgIpc) is 3.32. The molecule has 0 aromatic heterocycles. The fourth-order valence-electron chi connectivity index (χ4n) is 4.35. The van der Waals surface area contributed by atoms with E-state index in [1.165, 1.54) is 23.0 Å². The summed E-state index contributed by atoms with van der Waals surface area (Å²) in [5, 5.41) is 2.75. The molecule has 2 heterocycles. The number of ether oxygens (including phenoxy) is 1. The summed E-state index contributed by atoms with van der Waals surface area (Å²) in [5.74, 6) is -2.96. The van der Waals surface area contributed by atoms with E-state index in [4.69, 9.17) is 4.74 Å². The summed E-state index contributed by atoms with van der Waals surface area (Å²) in [5.41, 5.74) is 1.56. The topological polar surface area (TPSA) is 79.0 Å². The Kier molecular flexibility index (Phi) is 5.68. The third-order valence-corrected chi connectivity index (χ3v) is 7.29. The Morgan fingerprint density at radius 2 is 1.80 bits per heavy atom. The summed E-state index contributed by atoms with van der Waals surface area (Å²) >= 11 is 1.09. The van der Waals surface area contributed by atoms with E-state index in [0.29, 0.717) is 22.7 Å². The van der Waals surface area contributed by atoms with Crippen molar-refractivity contribution in [2.75, 3.05) is 34.5 Å².